The molecule has 3 heterocycles. The molecule has 6 unspecified atom stereocenters. The number of nitrogens with zero attached hydrogens (tertiary/aromatic N) is 1. The number of nitrogens with one attached hydrogen (secondary N) is 1. The smallest absolute Gasteiger partial charge is 0.145 e. The highest BCUT2D eigenvalue weighted by Crippen LogP contribution is 2.55. The molecule has 128 valence electrons. The van der Waals surface area contributed by atoms with Crippen LogP contribution in [-0.4, -0.2) is 49.6 Å². The lowest BCUT2D eigenvalue weighted by Gasteiger charge is -2.51. The Bertz CT molecular complexity index is 690. The molecule has 3 fully saturated rings. The standard InChI is InChI=1S/C20H26N2O2/c1-12-14-10-22(2)8-7-20-16-5-3-4-6-17(16)21-19(20)15(11-24-12)13(14)9-18(20)23/h3-6,12-15,19,21H,7-11H2,1-2H3. The van der Waals surface area contributed by atoms with Gasteiger partial charge in [0.1, 0.15) is 5.78 Å². The molecule has 0 aromatic heterocycles. The average Bonchev–Trinajstić information content (AvgIpc) is 2.94. The summed E-state index contributed by atoms with van der Waals surface area (Å²) in [5.41, 5.74) is 2.03. The van der Waals surface area contributed by atoms with Gasteiger partial charge in [-0.2, -0.15) is 0 Å². The van der Waals surface area contributed by atoms with Gasteiger partial charge in [0.15, 0.2) is 0 Å². The fourth-order valence-corrected chi connectivity index (χ4v) is 6.00. The van der Waals surface area contributed by atoms with Crippen LogP contribution in [0.2, 0.25) is 0 Å². The molecule has 1 aromatic carbocycles. The number of carbonyl (C=O) groups is 1. The van der Waals surface area contributed by atoms with E-state index in [1.165, 1.54) is 5.56 Å². The van der Waals surface area contributed by atoms with Gasteiger partial charge >= 0.3 is 0 Å². The van der Waals surface area contributed by atoms with Crippen molar-refractivity contribution < 1.29 is 9.53 Å². The van der Waals surface area contributed by atoms with Crippen LogP contribution in [-0.2, 0) is 14.9 Å². The molecule has 1 N–H and O–H groups in total. The zero-order valence-electron chi connectivity index (χ0n) is 14.5. The Morgan fingerprint density at radius 1 is 1.25 bits per heavy atom. The average molecular weight is 326 g/mol. The quantitative estimate of drug-likeness (QED) is 0.794. The lowest BCUT2D eigenvalue weighted by molar-refractivity contribution is -0.144. The second-order valence-electron chi connectivity index (χ2n) is 8.31. The first-order chi connectivity index (χ1) is 11.6. The second-order valence-corrected chi connectivity index (χ2v) is 8.31. The Kier molecular flexibility index (Phi) is 3.14. The Labute approximate surface area is 143 Å². The van der Waals surface area contributed by atoms with E-state index in [1.807, 2.05) is 0 Å². The van der Waals surface area contributed by atoms with Gasteiger partial charge in [-0.25, -0.2) is 0 Å². The number of benzene rings is 1. The molecule has 0 radical (unpaired) electrons. The molecule has 5 rings (SSSR count). The number of hydrogen-bond acceptors (Lipinski definition) is 4. The summed E-state index contributed by atoms with van der Waals surface area (Å²) in [6.07, 6.45) is 1.89. The molecule has 1 saturated carbocycles. The number of rotatable bonds is 0. The summed E-state index contributed by atoms with van der Waals surface area (Å²) in [5, 5.41) is 3.75. The summed E-state index contributed by atoms with van der Waals surface area (Å²) in [5.74, 6) is 1.80. The van der Waals surface area contributed by atoms with E-state index in [1.54, 1.807) is 0 Å². The van der Waals surface area contributed by atoms with E-state index in [9.17, 15) is 4.79 Å². The van der Waals surface area contributed by atoms with Gasteiger partial charge in [-0.3, -0.25) is 4.79 Å². The van der Waals surface area contributed by atoms with Crippen LogP contribution in [0, 0.1) is 17.8 Å². The van der Waals surface area contributed by atoms with E-state index >= 15 is 0 Å². The van der Waals surface area contributed by atoms with Crippen molar-refractivity contribution in [1.82, 2.24) is 4.90 Å². The molecular formula is C20H26N2O2. The summed E-state index contributed by atoms with van der Waals surface area (Å²) in [4.78, 5) is 15.9. The largest absolute Gasteiger partial charge is 0.380 e. The first-order valence-electron chi connectivity index (χ1n) is 9.31. The molecule has 2 saturated heterocycles. The molecule has 6 atom stereocenters. The van der Waals surface area contributed by atoms with Crippen molar-refractivity contribution in [1.29, 1.82) is 0 Å². The summed E-state index contributed by atoms with van der Waals surface area (Å²) < 4.78 is 6.20. The van der Waals surface area contributed by atoms with Crippen LogP contribution in [0.15, 0.2) is 24.3 Å². The molecule has 1 spiro atoms. The number of para-hydroxylation sites is 1. The third-order valence-electron chi connectivity index (χ3n) is 7.26. The van der Waals surface area contributed by atoms with Gasteiger partial charge < -0.3 is 15.0 Å². The minimum Gasteiger partial charge on any atom is -0.380 e. The Hall–Kier alpha value is -1.39. The number of ether oxygens (including phenoxy) is 1. The molecule has 24 heavy (non-hydrogen) atoms. The van der Waals surface area contributed by atoms with Crippen LogP contribution in [0.3, 0.4) is 0 Å². The monoisotopic (exact) mass is 326 g/mol. The van der Waals surface area contributed by atoms with Gasteiger partial charge in [0, 0.05) is 36.5 Å². The molecule has 4 nitrogen and oxygen atoms in total. The van der Waals surface area contributed by atoms with Gasteiger partial charge in [-0.1, -0.05) is 18.2 Å². The first-order valence-corrected chi connectivity index (χ1v) is 9.31. The Morgan fingerprint density at radius 2 is 2.08 bits per heavy atom. The predicted octanol–water partition coefficient (Wildman–Crippen LogP) is 2.29. The normalized spacial score (nSPS) is 44.1. The van der Waals surface area contributed by atoms with Gasteiger partial charge in [0.05, 0.1) is 18.1 Å². The lowest BCUT2D eigenvalue weighted by Crippen LogP contribution is -2.61. The summed E-state index contributed by atoms with van der Waals surface area (Å²) in [7, 11) is 2.20. The third kappa shape index (κ3) is 1.79. The van der Waals surface area contributed by atoms with Crippen molar-refractivity contribution in [3.63, 3.8) is 0 Å². The Balaban J connectivity index is 1.69. The SMILES string of the molecule is CC1OCC2C3CC(=O)C4(CCN(C)CC13)c1ccccc1NC24. The van der Waals surface area contributed by atoms with Crippen molar-refractivity contribution in [3.05, 3.63) is 29.8 Å². The molecule has 1 aromatic rings. The molecule has 1 aliphatic carbocycles. The number of fused-ring (bicyclic) bond motifs is 3. The van der Waals surface area contributed by atoms with E-state index in [2.05, 4.69) is 48.5 Å². The number of anilines is 1. The van der Waals surface area contributed by atoms with Crippen LogP contribution in [0.5, 0.6) is 0 Å². The highest BCUT2D eigenvalue weighted by molar-refractivity contribution is 5.96. The second kappa shape index (κ2) is 5.06. The van der Waals surface area contributed by atoms with Crippen molar-refractivity contribution in [3.8, 4) is 0 Å². The minimum absolute atomic E-state index is 0.197. The van der Waals surface area contributed by atoms with Crippen molar-refractivity contribution >= 4 is 11.5 Å². The van der Waals surface area contributed by atoms with Crippen LogP contribution in [0.1, 0.15) is 25.3 Å². The fraction of sp³-hybridized carbons (Fsp3) is 0.650. The van der Waals surface area contributed by atoms with Gasteiger partial charge in [-0.05, 0) is 44.5 Å². The fourth-order valence-electron chi connectivity index (χ4n) is 6.00. The molecule has 4 heteroatoms. The van der Waals surface area contributed by atoms with E-state index in [0.717, 1.165) is 38.2 Å². The van der Waals surface area contributed by atoms with E-state index in [-0.39, 0.29) is 17.6 Å². The van der Waals surface area contributed by atoms with Crippen LogP contribution >= 0.6 is 0 Å². The van der Waals surface area contributed by atoms with Gasteiger partial charge in [-0.15, -0.1) is 0 Å². The maximum Gasteiger partial charge on any atom is 0.145 e. The zero-order valence-corrected chi connectivity index (χ0v) is 14.5. The van der Waals surface area contributed by atoms with E-state index < -0.39 is 0 Å². The van der Waals surface area contributed by atoms with Crippen LogP contribution in [0.25, 0.3) is 0 Å². The van der Waals surface area contributed by atoms with Crippen LogP contribution < -0.4 is 5.32 Å². The third-order valence-corrected chi connectivity index (χ3v) is 7.26. The molecule has 3 aliphatic heterocycles. The highest BCUT2D eigenvalue weighted by atomic mass is 16.5. The maximum absolute atomic E-state index is 13.5. The molecule has 4 aliphatic rings. The van der Waals surface area contributed by atoms with Gasteiger partial charge in [0.25, 0.3) is 0 Å². The zero-order chi connectivity index (χ0) is 16.5. The van der Waals surface area contributed by atoms with Crippen molar-refractivity contribution in [2.45, 2.75) is 37.3 Å². The molecular weight excluding hydrogens is 300 g/mol. The lowest BCUT2D eigenvalue weighted by atomic mass is 9.56. The van der Waals surface area contributed by atoms with Gasteiger partial charge in [0.2, 0.25) is 0 Å². The topological polar surface area (TPSA) is 41.6 Å². The number of ketones is 1. The number of hydrogen-bond donors (Lipinski definition) is 1. The first kappa shape index (κ1) is 14.9. The summed E-state index contributed by atoms with van der Waals surface area (Å²) >= 11 is 0. The molecule has 0 amide bonds. The predicted molar refractivity (Wildman–Crippen MR) is 93.2 cm³/mol. The van der Waals surface area contributed by atoms with E-state index in [0.29, 0.717) is 23.5 Å². The van der Waals surface area contributed by atoms with E-state index in [4.69, 9.17) is 4.74 Å². The van der Waals surface area contributed by atoms with Crippen molar-refractivity contribution in [2.75, 3.05) is 32.1 Å². The van der Waals surface area contributed by atoms with Crippen molar-refractivity contribution in [2.24, 2.45) is 17.8 Å². The van der Waals surface area contributed by atoms with Crippen LogP contribution in [0.4, 0.5) is 5.69 Å². The highest BCUT2D eigenvalue weighted by Gasteiger charge is 2.62. The summed E-state index contributed by atoms with van der Waals surface area (Å²) in [6, 6.07) is 8.65. The minimum atomic E-state index is -0.356. The Morgan fingerprint density at radius 3 is 2.96 bits per heavy atom. The summed E-state index contributed by atoms with van der Waals surface area (Å²) in [6.45, 7) is 4.99. The molecule has 2 bridgehead atoms. The number of Topliss-reactive ketones (excluding diaryl/α,β-unsaturated/α-hetero) is 1. The maximum atomic E-state index is 13.5. The number of carbonyl (C=O) groups excluding carboxylic acids is 1.